The van der Waals surface area contributed by atoms with Crippen LogP contribution in [-0.2, 0) is 5.75 Å². The highest BCUT2D eigenvalue weighted by Gasteiger charge is 2.01. The summed E-state index contributed by atoms with van der Waals surface area (Å²) >= 11 is 7.56. The Morgan fingerprint density at radius 3 is 3.00 bits per heavy atom. The Bertz CT molecular complexity index is 267. The second kappa shape index (κ2) is 4.54. The van der Waals surface area contributed by atoms with Crippen molar-refractivity contribution in [1.29, 1.82) is 0 Å². The minimum absolute atomic E-state index is 0.642. The smallest absolute Gasteiger partial charge is 0.140 e. The lowest BCUT2D eigenvalue weighted by Crippen LogP contribution is -2.09. The Hall–Kier alpha value is -0.450. The van der Waals surface area contributed by atoms with Gasteiger partial charge in [0.25, 0.3) is 0 Å². The summed E-state index contributed by atoms with van der Waals surface area (Å²) in [5.41, 5.74) is 3.33. The van der Waals surface area contributed by atoms with E-state index in [0.29, 0.717) is 10.8 Å². The first kappa shape index (κ1) is 9.64. The molecule has 0 amide bonds. The predicted molar refractivity (Wildman–Crippen MR) is 54.3 cm³/mol. The number of halogens is 1. The van der Waals surface area contributed by atoms with Crippen molar-refractivity contribution in [2.45, 2.75) is 5.75 Å². The number of nitrogen functional groups attached to an aromatic ring is 1. The Kier molecular flexibility index (Phi) is 3.65. The van der Waals surface area contributed by atoms with Gasteiger partial charge in [-0.2, -0.15) is 11.8 Å². The van der Waals surface area contributed by atoms with Gasteiger partial charge in [0, 0.05) is 5.75 Å². The minimum atomic E-state index is 0.642. The highest BCUT2D eigenvalue weighted by Crippen LogP contribution is 2.19. The van der Waals surface area contributed by atoms with E-state index >= 15 is 0 Å². The average molecular weight is 204 g/mol. The van der Waals surface area contributed by atoms with Crippen LogP contribution in [0.25, 0.3) is 0 Å². The molecule has 0 aromatic carbocycles. The number of nitrogens with one attached hydrogen (secondary N) is 1. The summed E-state index contributed by atoms with van der Waals surface area (Å²) in [6.45, 7) is 0. The molecule has 1 aromatic heterocycles. The molecule has 0 saturated heterocycles. The fourth-order valence-corrected chi connectivity index (χ4v) is 1.55. The van der Waals surface area contributed by atoms with Crippen LogP contribution in [0, 0.1) is 0 Å². The van der Waals surface area contributed by atoms with Gasteiger partial charge in [0.05, 0.1) is 10.7 Å². The number of anilines is 1. The number of nitrogens with two attached hydrogens (primary N) is 1. The normalized spacial score (nSPS) is 9.92. The van der Waals surface area contributed by atoms with E-state index < -0.39 is 0 Å². The van der Waals surface area contributed by atoms with E-state index in [1.54, 1.807) is 23.9 Å². The minimum Gasteiger partial charge on any atom is -0.308 e. The summed E-state index contributed by atoms with van der Waals surface area (Å²) in [6.07, 6.45) is 2.00. The van der Waals surface area contributed by atoms with Gasteiger partial charge in [-0.15, -0.1) is 0 Å². The molecule has 0 aliphatic carbocycles. The summed E-state index contributed by atoms with van der Waals surface area (Å²) in [5, 5.41) is 0.684. The Morgan fingerprint density at radius 2 is 2.42 bits per heavy atom. The van der Waals surface area contributed by atoms with Crippen molar-refractivity contribution in [3.63, 3.8) is 0 Å². The molecular weight excluding hydrogens is 194 g/mol. The van der Waals surface area contributed by atoms with Gasteiger partial charge in [0.2, 0.25) is 0 Å². The van der Waals surface area contributed by atoms with Crippen molar-refractivity contribution in [2.75, 3.05) is 11.7 Å². The molecule has 1 rings (SSSR count). The molecule has 0 aliphatic rings. The number of pyridine rings is 1. The van der Waals surface area contributed by atoms with Crippen molar-refractivity contribution >= 4 is 29.2 Å². The largest absolute Gasteiger partial charge is 0.308 e. The predicted octanol–water partition coefficient (Wildman–Crippen LogP) is 1.88. The summed E-state index contributed by atoms with van der Waals surface area (Å²) in [7, 11) is 0. The molecule has 0 radical (unpaired) electrons. The third kappa shape index (κ3) is 2.27. The first-order chi connectivity index (χ1) is 5.77. The molecular formula is C7H10ClN3S. The fraction of sp³-hybridized carbons (Fsp3) is 0.286. The van der Waals surface area contributed by atoms with Crippen molar-refractivity contribution < 1.29 is 0 Å². The number of hydrogen-bond donors (Lipinski definition) is 2. The standard InChI is InChI=1S/C7H10ClN3S/c1-12-4-6-5(8)2-3-7(10-6)11-9/h2-3H,4,9H2,1H3,(H,10,11). The molecule has 5 heteroatoms. The van der Waals surface area contributed by atoms with Crippen LogP contribution in [-0.4, -0.2) is 11.2 Å². The monoisotopic (exact) mass is 203 g/mol. The molecule has 0 aliphatic heterocycles. The molecule has 0 bridgehead atoms. The van der Waals surface area contributed by atoms with Crippen LogP contribution < -0.4 is 11.3 Å². The van der Waals surface area contributed by atoms with Crippen molar-refractivity contribution in [3.05, 3.63) is 22.8 Å². The van der Waals surface area contributed by atoms with Gasteiger partial charge in [0.15, 0.2) is 0 Å². The molecule has 0 unspecified atom stereocenters. The molecule has 0 saturated carbocycles. The summed E-state index contributed by atoms with van der Waals surface area (Å²) in [4.78, 5) is 4.19. The van der Waals surface area contributed by atoms with Gasteiger partial charge >= 0.3 is 0 Å². The van der Waals surface area contributed by atoms with E-state index in [0.717, 1.165) is 11.4 Å². The zero-order chi connectivity index (χ0) is 8.97. The van der Waals surface area contributed by atoms with Crippen LogP contribution >= 0.6 is 23.4 Å². The highest BCUT2D eigenvalue weighted by atomic mass is 35.5. The van der Waals surface area contributed by atoms with E-state index in [1.165, 1.54) is 0 Å². The molecule has 1 aromatic rings. The van der Waals surface area contributed by atoms with E-state index in [4.69, 9.17) is 17.4 Å². The number of rotatable bonds is 3. The third-order valence-electron chi connectivity index (χ3n) is 1.35. The molecule has 12 heavy (non-hydrogen) atoms. The molecule has 3 nitrogen and oxygen atoms in total. The van der Waals surface area contributed by atoms with Crippen LogP contribution in [0.2, 0.25) is 5.02 Å². The lowest BCUT2D eigenvalue weighted by atomic mass is 10.4. The molecule has 0 fully saturated rings. The van der Waals surface area contributed by atoms with Crippen LogP contribution in [0.5, 0.6) is 0 Å². The van der Waals surface area contributed by atoms with Crippen LogP contribution in [0.4, 0.5) is 5.82 Å². The SMILES string of the molecule is CSCc1nc(NN)ccc1Cl. The number of hydrazine groups is 1. The van der Waals surface area contributed by atoms with Crippen LogP contribution in [0.15, 0.2) is 12.1 Å². The summed E-state index contributed by atoms with van der Waals surface area (Å²) in [6, 6.07) is 3.53. The maximum atomic E-state index is 5.89. The topological polar surface area (TPSA) is 50.9 Å². The second-order valence-electron chi connectivity index (χ2n) is 2.20. The Balaban J connectivity index is 2.91. The van der Waals surface area contributed by atoms with Crippen molar-refractivity contribution in [1.82, 2.24) is 4.98 Å². The number of aromatic nitrogens is 1. The molecule has 0 spiro atoms. The third-order valence-corrected chi connectivity index (χ3v) is 2.25. The lowest BCUT2D eigenvalue weighted by molar-refractivity contribution is 1.14. The molecule has 3 N–H and O–H groups in total. The van der Waals surface area contributed by atoms with E-state index in [9.17, 15) is 0 Å². The van der Waals surface area contributed by atoms with Crippen molar-refractivity contribution in [2.24, 2.45) is 5.84 Å². The van der Waals surface area contributed by atoms with Gasteiger partial charge in [-0.3, -0.25) is 0 Å². The van der Waals surface area contributed by atoms with Gasteiger partial charge in [0.1, 0.15) is 5.82 Å². The molecule has 66 valence electrons. The van der Waals surface area contributed by atoms with Crippen LogP contribution in [0.3, 0.4) is 0 Å². The lowest BCUT2D eigenvalue weighted by Gasteiger charge is -2.03. The second-order valence-corrected chi connectivity index (χ2v) is 3.48. The molecule has 1 heterocycles. The number of hydrogen-bond acceptors (Lipinski definition) is 4. The van der Waals surface area contributed by atoms with Gasteiger partial charge < -0.3 is 5.43 Å². The average Bonchev–Trinajstić information content (AvgIpc) is 2.09. The maximum Gasteiger partial charge on any atom is 0.140 e. The van der Waals surface area contributed by atoms with E-state index in [1.807, 2.05) is 6.26 Å². The number of nitrogens with zero attached hydrogens (tertiary/aromatic N) is 1. The first-order valence-electron chi connectivity index (χ1n) is 3.39. The summed E-state index contributed by atoms with van der Waals surface area (Å²) < 4.78 is 0. The van der Waals surface area contributed by atoms with Crippen molar-refractivity contribution in [3.8, 4) is 0 Å². The Labute approximate surface area is 80.7 Å². The first-order valence-corrected chi connectivity index (χ1v) is 5.16. The zero-order valence-electron chi connectivity index (χ0n) is 6.67. The summed E-state index contributed by atoms with van der Waals surface area (Å²) in [5.74, 6) is 6.64. The van der Waals surface area contributed by atoms with Gasteiger partial charge in [-0.1, -0.05) is 11.6 Å². The number of thioether (sulfide) groups is 1. The quantitative estimate of drug-likeness (QED) is 0.582. The van der Waals surface area contributed by atoms with Gasteiger partial charge in [-0.25, -0.2) is 10.8 Å². The van der Waals surface area contributed by atoms with E-state index in [-0.39, 0.29) is 0 Å². The van der Waals surface area contributed by atoms with E-state index in [2.05, 4.69) is 10.4 Å². The fourth-order valence-electron chi connectivity index (χ4n) is 0.803. The van der Waals surface area contributed by atoms with Crippen LogP contribution in [0.1, 0.15) is 5.69 Å². The maximum absolute atomic E-state index is 5.89. The van der Waals surface area contributed by atoms with Gasteiger partial charge in [-0.05, 0) is 18.4 Å². The zero-order valence-corrected chi connectivity index (χ0v) is 8.25. The highest BCUT2D eigenvalue weighted by molar-refractivity contribution is 7.97. The molecule has 0 atom stereocenters. The Morgan fingerprint density at radius 1 is 1.67 bits per heavy atom.